The summed E-state index contributed by atoms with van der Waals surface area (Å²) >= 11 is 0. The lowest BCUT2D eigenvalue weighted by atomic mass is 9.85. The van der Waals surface area contributed by atoms with Crippen molar-refractivity contribution in [2.75, 3.05) is 26.2 Å². The number of hydrogen-bond donors (Lipinski definition) is 1. The van der Waals surface area contributed by atoms with Crippen LogP contribution in [0.15, 0.2) is 4.52 Å². The third kappa shape index (κ3) is 3.27. The van der Waals surface area contributed by atoms with Gasteiger partial charge < -0.3 is 14.7 Å². The van der Waals surface area contributed by atoms with Crippen LogP contribution in [-0.2, 0) is 11.2 Å². The predicted molar refractivity (Wildman–Crippen MR) is 84.9 cm³/mol. The number of amides is 1. The standard InChI is InChI=1S/C17H26N4O2/c22-17(14-4-7-18-11-14)21-8-5-12(6-9-21)10-15-19-16(20-23-15)13-2-1-3-13/h12-14,18H,1-11H2/t14-/m1/s1. The summed E-state index contributed by atoms with van der Waals surface area (Å²) < 4.78 is 5.43. The molecule has 0 radical (unpaired) electrons. The quantitative estimate of drug-likeness (QED) is 0.915. The fourth-order valence-electron chi connectivity index (χ4n) is 3.91. The topological polar surface area (TPSA) is 71.3 Å². The summed E-state index contributed by atoms with van der Waals surface area (Å²) in [5, 5.41) is 7.42. The van der Waals surface area contributed by atoms with E-state index in [0.29, 0.717) is 17.7 Å². The molecule has 1 amide bonds. The van der Waals surface area contributed by atoms with E-state index in [0.717, 1.165) is 63.6 Å². The Hall–Kier alpha value is -1.43. The summed E-state index contributed by atoms with van der Waals surface area (Å²) in [5.74, 6) is 3.35. The molecule has 0 aromatic carbocycles. The van der Waals surface area contributed by atoms with Gasteiger partial charge in [0, 0.05) is 32.0 Å². The lowest BCUT2D eigenvalue weighted by Gasteiger charge is -2.33. The molecule has 1 atom stereocenters. The summed E-state index contributed by atoms with van der Waals surface area (Å²) in [6, 6.07) is 0. The molecule has 0 spiro atoms. The highest BCUT2D eigenvalue weighted by atomic mass is 16.5. The number of nitrogens with one attached hydrogen (secondary N) is 1. The molecule has 1 N–H and O–H groups in total. The van der Waals surface area contributed by atoms with Gasteiger partial charge in [-0.2, -0.15) is 4.98 Å². The van der Waals surface area contributed by atoms with Crippen LogP contribution in [0.25, 0.3) is 0 Å². The van der Waals surface area contributed by atoms with Crippen molar-refractivity contribution in [3.8, 4) is 0 Å². The van der Waals surface area contributed by atoms with Crippen molar-refractivity contribution in [1.29, 1.82) is 0 Å². The van der Waals surface area contributed by atoms with Crippen molar-refractivity contribution in [2.45, 2.75) is 50.9 Å². The van der Waals surface area contributed by atoms with Crippen molar-refractivity contribution in [3.63, 3.8) is 0 Å². The summed E-state index contributed by atoms with van der Waals surface area (Å²) in [7, 11) is 0. The van der Waals surface area contributed by atoms with Gasteiger partial charge >= 0.3 is 0 Å². The number of piperidine rings is 1. The Morgan fingerprint density at radius 3 is 2.70 bits per heavy atom. The fraction of sp³-hybridized carbons (Fsp3) is 0.824. The molecule has 1 aromatic heterocycles. The SMILES string of the molecule is O=C([C@@H]1CCNC1)N1CCC(Cc2nc(C3CCC3)no2)CC1. The maximum atomic E-state index is 12.4. The van der Waals surface area contributed by atoms with Gasteiger partial charge in [-0.3, -0.25) is 4.79 Å². The third-order valence-corrected chi connectivity index (χ3v) is 5.75. The number of carbonyl (C=O) groups excluding carboxylic acids is 1. The largest absolute Gasteiger partial charge is 0.342 e. The van der Waals surface area contributed by atoms with E-state index in [4.69, 9.17) is 4.52 Å². The molecule has 23 heavy (non-hydrogen) atoms. The first-order valence-electron chi connectivity index (χ1n) is 9.11. The minimum atomic E-state index is 0.201. The number of likely N-dealkylation sites (tertiary alicyclic amines) is 1. The molecule has 4 rings (SSSR count). The summed E-state index contributed by atoms with van der Waals surface area (Å²) in [6.45, 7) is 3.59. The van der Waals surface area contributed by atoms with E-state index in [2.05, 4.69) is 20.4 Å². The molecule has 1 aliphatic carbocycles. The van der Waals surface area contributed by atoms with E-state index in [9.17, 15) is 4.79 Å². The summed E-state index contributed by atoms with van der Waals surface area (Å²) in [6.07, 6.45) is 7.65. The van der Waals surface area contributed by atoms with Gasteiger partial charge in [0.2, 0.25) is 11.8 Å². The zero-order valence-corrected chi connectivity index (χ0v) is 13.7. The zero-order chi connectivity index (χ0) is 15.6. The van der Waals surface area contributed by atoms with Crippen LogP contribution in [0.3, 0.4) is 0 Å². The van der Waals surface area contributed by atoms with Gasteiger partial charge in [0.25, 0.3) is 0 Å². The molecule has 3 heterocycles. The Morgan fingerprint density at radius 1 is 1.22 bits per heavy atom. The summed E-state index contributed by atoms with van der Waals surface area (Å²) in [5.41, 5.74) is 0. The highest BCUT2D eigenvalue weighted by molar-refractivity contribution is 5.79. The first-order chi connectivity index (χ1) is 11.3. The zero-order valence-electron chi connectivity index (χ0n) is 13.7. The second-order valence-corrected chi connectivity index (χ2v) is 7.34. The van der Waals surface area contributed by atoms with Crippen molar-refractivity contribution in [3.05, 3.63) is 11.7 Å². The van der Waals surface area contributed by atoms with Gasteiger partial charge in [-0.05, 0) is 44.6 Å². The smallest absolute Gasteiger partial charge is 0.227 e. The maximum Gasteiger partial charge on any atom is 0.227 e. The van der Waals surface area contributed by atoms with Crippen molar-refractivity contribution in [1.82, 2.24) is 20.4 Å². The highest BCUT2D eigenvalue weighted by Gasteiger charge is 2.31. The van der Waals surface area contributed by atoms with E-state index < -0.39 is 0 Å². The third-order valence-electron chi connectivity index (χ3n) is 5.75. The van der Waals surface area contributed by atoms with Crippen LogP contribution < -0.4 is 5.32 Å². The van der Waals surface area contributed by atoms with E-state index in [1.165, 1.54) is 19.3 Å². The van der Waals surface area contributed by atoms with Crippen LogP contribution in [-0.4, -0.2) is 47.1 Å². The minimum Gasteiger partial charge on any atom is -0.342 e. The Balaban J connectivity index is 1.26. The van der Waals surface area contributed by atoms with E-state index in [-0.39, 0.29) is 5.92 Å². The van der Waals surface area contributed by atoms with E-state index in [1.54, 1.807) is 0 Å². The number of carbonyl (C=O) groups is 1. The van der Waals surface area contributed by atoms with Gasteiger partial charge in [-0.1, -0.05) is 11.6 Å². The van der Waals surface area contributed by atoms with E-state index in [1.807, 2.05) is 0 Å². The minimum absolute atomic E-state index is 0.201. The molecule has 0 unspecified atom stereocenters. The molecule has 126 valence electrons. The van der Waals surface area contributed by atoms with Gasteiger partial charge in [-0.25, -0.2) is 0 Å². The molecular formula is C17H26N4O2. The molecule has 3 aliphatic rings. The van der Waals surface area contributed by atoms with Gasteiger partial charge in [-0.15, -0.1) is 0 Å². The predicted octanol–water partition coefficient (Wildman–Crippen LogP) is 1.73. The van der Waals surface area contributed by atoms with Crippen LogP contribution in [0.2, 0.25) is 0 Å². The molecule has 1 aromatic rings. The molecule has 3 fully saturated rings. The normalized spacial score (nSPS) is 26.4. The molecule has 6 heteroatoms. The molecule has 1 saturated carbocycles. The number of hydrogen-bond acceptors (Lipinski definition) is 5. The van der Waals surface area contributed by atoms with Crippen molar-refractivity contribution in [2.24, 2.45) is 11.8 Å². The van der Waals surface area contributed by atoms with Crippen LogP contribution in [0.4, 0.5) is 0 Å². The lowest BCUT2D eigenvalue weighted by molar-refractivity contribution is -0.136. The van der Waals surface area contributed by atoms with Gasteiger partial charge in [0.1, 0.15) is 0 Å². The average molecular weight is 318 g/mol. The molecule has 6 nitrogen and oxygen atoms in total. The van der Waals surface area contributed by atoms with Gasteiger partial charge in [0.05, 0.1) is 5.92 Å². The molecule has 2 saturated heterocycles. The number of nitrogens with zero attached hydrogens (tertiary/aromatic N) is 3. The fourth-order valence-corrected chi connectivity index (χ4v) is 3.91. The summed E-state index contributed by atoms with van der Waals surface area (Å²) in [4.78, 5) is 19.1. The van der Waals surface area contributed by atoms with Crippen molar-refractivity contribution >= 4 is 5.91 Å². The molecule has 2 aliphatic heterocycles. The number of rotatable bonds is 4. The van der Waals surface area contributed by atoms with Gasteiger partial charge in [0.15, 0.2) is 5.82 Å². The highest BCUT2D eigenvalue weighted by Crippen LogP contribution is 2.34. The van der Waals surface area contributed by atoms with Crippen molar-refractivity contribution < 1.29 is 9.32 Å². The van der Waals surface area contributed by atoms with Crippen LogP contribution in [0.5, 0.6) is 0 Å². The Bertz CT molecular complexity index is 541. The van der Waals surface area contributed by atoms with Crippen LogP contribution in [0.1, 0.15) is 56.2 Å². The first-order valence-corrected chi connectivity index (χ1v) is 9.11. The second kappa shape index (κ2) is 6.59. The lowest BCUT2D eigenvalue weighted by Crippen LogP contribution is -2.42. The van der Waals surface area contributed by atoms with Crippen LogP contribution >= 0.6 is 0 Å². The number of aromatic nitrogens is 2. The monoisotopic (exact) mass is 318 g/mol. The Morgan fingerprint density at radius 2 is 2.04 bits per heavy atom. The van der Waals surface area contributed by atoms with E-state index >= 15 is 0 Å². The second-order valence-electron chi connectivity index (χ2n) is 7.34. The molecular weight excluding hydrogens is 292 g/mol. The Labute approximate surface area is 137 Å². The van der Waals surface area contributed by atoms with Crippen LogP contribution in [0, 0.1) is 11.8 Å². The maximum absolute atomic E-state index is 12.4. The first kappa shape index (κ1) is 15.1. The average Bonchev–Trinajstić information content (AvgIpc) is 3.18. The molecule has 0 bridgehead atoms. The Kier molecular flexibility index (Phi) is 4.33.